The van der Waals surface area contributed by atoms with Crippen molar-refractivity contribution in [3.05, 3.63) is 29.3 Å². The highest BCUT2D eigenvalue weighted by atomic mass is 16.5. The van der Waals surface area contributed by atoms with Gasteiger partial charge < -0.3 is 15.0 Å². The standard InChI is InChI=1S/C18H26N2O3/c1-4-15-8-5-7-13(2)18(15)20(14(3)21)12-17(22)19-11-16-9-6-10-23-16/h5,7-8,16H,4,6,9-12H2,1-3H3,(H,19,22). The largest absolute Gasteiger partial charge is 0.376 e. The molecule has 0 aliphatic carbocycles. The minimum atomic E-state index is -0.152. The lowest BCUT2D eigenvalue weighted by Gasteiger charge is -2.25. The first-order chi connectivity index (χ1) is 11.0. The summed E-state index contributed by atoms with van der Waals surface area (Å²) in [7, 11) is 0. The Labute approximate surface area is 138 Å². The second-order valence-electron chi connectivity index (χ2n) is 5.98. The molecule has 1 aliphatic heterocycles. The van der Waals surface area contributed by atoms with E-state index in [0.29, 0.717) is 6.54 Å². The van der Waals surface area contributed by atoms with E-state index < -0.39 is 0 Å². The van der Waals surface area contributed by atoms with Gasteiger partial charge in [0.15, 0.2) is 0 Å². The zero-order valence-electron chi connectivity index (χ0n) is 14.2. The van der Waals surface area contributed by atoms with Gasteiger partial charge in [0, 0.05) is 20.1 Å². The van der Waals surface area contributed by atoms with Crippen LogP contribution in [0.2, 0.25) is 0 Å². The van der Waals surface area contributed by atoms with E-state index in [1.165, 1.54) is 6.92 Å². The van der Waals surface area contributed by atoms with Crippen molar-refractivity contribution in [2.24, 2.45) is 0 Å². The van der Waals surface area contributed by atoms with Gasteiger partial charge in [-0.15, -0.1) is 0 Å². The molecule has 2 amide bonds. The van der Waals surface area contributed by atoms with Crippen molar-refractivity contribution >= 4 is 17.5 Å². The van der Waals surface area contributed by atoms with Crippen molar-refractivity contribution in [2.75, 3.05) is 24.6 Å². The molecule has 5 heteroatoms. The summed E-state index contributed by atoms with van der Waals surface area (Å²) in [6.45, 7) is 6.84. The van der Waals surface area contributed by atoms with Crippen LogP contribution < -0.4 is 10.2 Å². The van der Waals surface area contributed by atoms with Gasteiger partial charge in [-0.2, -0.15) is 0 Å². The fourth-order valence-electron chi connectivity index (χ4n) is 2.97. The Balaban J connectivity index is 2.06. The maximum atomic E-state index is 12.2. The first-order valence-electron chi connectivity index (χ1n) is 8.27. The van der Waals surface area contributed by atoms with Gasteiger partial charge >= 0.3 is 0 Å². The van der Waals surface area contributed by atoms with E-state index in [1.807, 2.05) is 32.0 Å². The first kappa shape index (κ1) is 17.5. The van der Waals surface area contributed by atoms with Gasteiger partial charge in [-0.3, -0.25) is 9.59 Å². The lowest BCUT2D eigenvalue weighted by Crippen LogP contribution is -2.42. The Hall–Kier alpha value is -1.88. The number of hydrogen-bond acceptors (Lipinski definition) is 3. The molecular weight excluding hydrogens is 292 g/mol. The van der Waals surface area contributed by atoms with Crippen LogP contribution in [-0.2, 0) is 20.7 Å². The summed E-state index contributed by atoms with van der Waals surface area (Å²) in [6.07, 6.45) is 2.95. The Bertz CT molecular complexity index is 565. The molecule has 0 radical (unpaired) electrons. The van der Waals surface area contributed by atoms with E-state index >= 15 is 0 Å². The van der Waals surface area contributed by atoms with Gasteiger partial charge in [0.25, 0.3) is 0 Å². The number of para-hydroxylation sites is 1. The average Bonchev–Trinajstić information content (AvgIpc) is 3.04. The van der Waals surface area contributed by atoms with Crippen LogP contribution in [0.4, 0.5) is 5.69 Å². The van der Waals surface area contributed by atoms with Gasteiger partial charge in [0.05, 0.1) is 11.8 Å². The Kier molecular flexibility index (Phi) is 6.16. The van der Waals surface area contributed by atoms with Crippen LogP contribution in [0.15, 0.2) is 18.2 Å². The molecule has 1 aliphatic rings. The summed E-state index contributed by atoms with van der Waals surface area (Å²) in [5.41, 5.74) is 2.94. The number of aryl methyl sites for hydroxylation is 2. The Morgan fingerprint density at radius 2 is 2.17 bits per heavy atom. The number of nitrogens with zero attached hydrogens (tertiary/aromatic N) is 1. The van der Waals surface area contributed by atoms with Gasteiger partial charge in [-0.05, 0) is 37.3 Å². The molecule has 1 aromatic rings. The predicted octanol–water partition coefficient (Wildman–Crippen LogP) is 2.21. The van der Waals surface area contributed by atoms with Crippen LogP contribution in [0.25, 0.3) is 0 Å². The second kappa shape index (κ2) is 8.11. The number of rotatable bonds is 6. The molecule has 0 bridgehead atoms. The average molecular weight is 318 g/mol. The molecule has 2 rings (SSSR count). The molecule has 1 fully saturated rings. The topological polar surface area (TPSA) is 58.6 Å². The third kappa shape index (κ3) is 4.55. The number of benzene rings is 1. The fraction of sp³-hybridized carbons (Fsp3) is 0.556. The van der Waals surface area contributed by atoms with Crippen LogP contribution >= 0.6 is 0 Å². The molecule has 23 heavy (non-hydrogen) atoms. The normalized spacial score (nSPS) is 17.1. The number of amides is 2. The summed E-state index contributed by atoms with van der Waals surface area (Å²) in [6, 6.07) is 5.95. The van der Waals surface area contributed by atoms with Gasteiger partial charge in [0.1, 0.15) is 6.54 Å². The van der Waals surface area contributed by atoms with Gasteiger partial charge in [-0.1, -0.05) is 25.1 Å². The van der Waals surface area contributed by atoms with E-state index in [-0.39, 0.29) is 24.5 Å². The highest BCUT2D eigenvalue weighted by Crippen LogP contribution is 2.25. The molecule has 1 N–H and O–H groups in total. The van der Waals surface area contributed by atoms with Crippen LogP contribution in [-0.4, -0.2) is 37.6 Å². The van der Waals surface area contributed by atoms with Crippen molar-refractivity contribution < 1.29 is 14.3 Å². The van der Waals surface area contributed by atoms with Crippen LogP contribution in [0.1, 0.15) is 37.8 Å². The van der Waals surface area contributed by atoms with Crippen molar-refractivity contribution in [2.45, 2.75) is 46.1 Å². The molecule has 1 unspecified atom stereocenters. The monoisotopic (exact) mass is 318 g/mol. The molecule has 1 saturated heterocycles. The molecule has 0 aromatic heterocycles. The summed E-state index contributed by atoms with van der Waals surface area (Å²) < 4.78 is 5.50. The quantitative estimate of drug-likeness (QED) is 0.875. The third-order valence-corrected chi connectivity index (χ3v) is 4.20. The van der Waals surface area contributed by atoms with Crippen molar-refractivity contribution in [1.29, 1.82) is 0 Å². The van der Waals surface area contributed by atoms with E-state index in [0.717, 1.165) is 42.7 Å². The number of carbonyl (C=O) groups excluding carboxylic acids is 2. The minimum absolute atomic E-state index is 0.0416. The highest BCUT2D eigenvalue weighted by Gasteiger charge is 2.21. The second-order valence-corrected chi connectivity index (χ2v) is 5.98. The minimum Gasteiger partial charge on any atom is -0.376 e. The predicted molar refractivity (Wildman–Crippen MR) is 90.6 cm³/mol. The van der Waals surface area contributed by atoms with Gasteiger partial charge in [0.2, 0.25) is 11.8 Å². The third-order valence-electron chi connectivity index (χ3n) is 4.20. The zero-order valence-corrected chi connectivity index (χ0v) is 14.2. The molecule has 1 aromatic carbocycles. The van der Waals surface area contributed by atoms with Crippen LogP contribution in [0.5, 0.6) is 0 Å². The molecule has 1 heterocycles. The van der Waals surface area contributed by atoms with E-state index in [1.54, 1.807) is 4.90 Å². The molecule has 0 spiro atoms. The number of nitrogens with one attached hydrogen (secondary N) is 1. The van der Waals surface area contributed by atoms with E-state index in [4.69, 9.17) is 4.74 Å². The van der Waals surface area contributed by atoms with E-state index in [9.17, 15) is 9.59 Å². The van der Waals surface area contributed by atoms with Crippen molar-refractivity contribution in [3.8, 4) is 0 Å². The summed E-state index contributed by atoms with van der Waals surface area (Å²) in [4.78, 5) is 25.9. The molecular formula is C18H26N2O3. The zero-order chi connectivity index (χ0) is 16.8. The number of ether oxygens (including phenoxy) is 1. The highest BCUT2D eigenvalue weighted by molar-refractivity contribution is 5.98. The smallest absolute Gasteiger partial charge is 0.240 e. The van der Waals surface area contributed by atoms with Crippen molar-refractivity contribution in [1.82, 2.24) is 5.32 Å². The number of hydrogen-bond donors (Lipinski definition) is 1. The molecule has 1 atom stereocenters. The summed E-state index contributed by atoms with van der Waals surface area (Å²) >= 11 is 0. The Morgan fingerprint density at radius 1 is 1.39 bits per heavy atom. The van der Waals surface area contributed by atoms with E-state index in [2.05, 4.69) is 5.32 Å². The lowest BCUT2D eigenvalue weighted by molar-refractivity contribution is -0.123. The molecule has 126 valence electrons. The maximum Gasteiger partial charge on any atom is 0.240 e. The molecule has 5 nitrogen and oxygen atoms in total. The molecule has 0 saturated carbocycles. The fourth-order valence-corrected chi connectivity index (χ4v) is 2.97. The number of carbonyl (C=O) groups is 2. The number of anilines is 1. The van der Waals surface area contributed by atoms with Crippen LogP contribution in [0, 0.1) is 6.92 Å². The van der Waals surface area contributed by atoms with Crippen molar-refractivity contribution in [3.63, 3.8) is 0 Å². The summed E-state index contributed by atoms with van der Waals surface area (Å²) in [5.74, 6) is -0.276. The Morgan fingerprint density at radius 3 is 2.78 bits per heavy atom. The maximum absolute atomic E-state index is 12.2. The first-order valence-corrected chi connectivity index (χ1v) is 8.27. The summed E-state index contributed by atoms with van der Waals surface area (Å²) in [5, 5.41) is 2.88. The lowest BCUT2D eigenvalue weighted by atomic mass is 10.0. The SMILES string of the molecule is CCc1cccc(C)c1N(CC(=O)NCC1CCCO1)C(C)=O. The van der Waals surface area contributed by atoms with Crippen LogP contribution in [0.3, 0.4) is 0 Å². The van der Waals surface area contributed by atoms with Gasteiger partial charge in [-0.25, -0.2) is 0 Å².